The Hall–Kier alpha value is -0.970. The fourth-order valence-electron chi connectivity index (χ4n) is 0.457. The van der Waals surface area contributed by atoms with E-state index >= 15 is 0 Å². The second-order valence-corrected chi connectivity index (χ2v) is 2.99. The molecule has 68 valence electrons. The number of carbonyl (C=O) groups excluding carboxylic acids is 1. The van der Waals surface area contributed by atoms with Crippen molar-refractivity contribution in [1.29, 1.82) is 5.41 Å². The molecule has 5 heteroatoms. The highest BCUT2D eigenvalue weighted by Gasteiger charge is 2.07. The van der Waals surface area contributed by atoms with Crippen molar-refractivity contribution in [3.63, 3.8) is 0 Å². The minimum absolute atomic E-state index is 0.0274. The van der Waals surface area contributed by atoms with Crippen LogP contribution in [0.15, 0.2) is 12.2 Å². The molecule has 0 saturated carbocycles. The van der Waals surface area contributed by atoms with Crippen molar-refractivity contribution in [3.8, 4) is 0 Å². The van der Waals surface area contributed by atoms with Crippen LogP contribution in [0, 0.1) is 5.41 Å². The highest BCUT2D eigenvalue weighted by Crippen LogP contribution is 2.06. The van der Waals surface area contributed by atoms with Gasteiger partial charge in [-0.05, 0) is 6.92 Å². The van der Waals surface area contributed by atoms with Crippen molar-refractivity contribution in [1.82, 2.24) is 0 Å². The molecule has 0 aliphatic carbocycles. The molecule has 0 radical (unpaired) electrons. The molecule has 0 spiro atoms. The van der Waals surface area contributed by atoms with E-state index in [-0.39, 0.29) is 5.17 Å². The van der Waals surface area contributed by atoms with Crippen LogP contribution in [0.1, 0.15) is 6.92 Å². The number of thioether (sulfide) groups is 1. The van der Waals surface area contributed by atoms with Gasteiger partial charge in [-0.1, -0.05) is 18.3 Å². The lowest BCUT2D eigenvalue weighted by Gasteiger charge is -2.03. The van der Waals surface area contributed by atoms with Crippen LogP contribution in [0.5, 0.6) is 0 Å². The molecule has 0 aromatic heterocycles. The molecule has 0 aliphatic rings. The summed E-state index contributed by atoms with van der Waals surface area (Å²) in [6.07, 6.45) is 0. The first-order chi connectivity index (χ1) is 5.57. The summed E-state index contributed by atoms with van der Waals surface area (Å²) in [5, 5.41) is 6.85. The molecule has 12 heavy (non-hydrogen) atoms. The van der Waals surface area contributed by atoms with Crippen LogP contribution in [0.2, 0.25) is 0 Å². The van der Waals surface area contributed by atoms with Crippen molar-refractivity contribution >= 4 is 22.9 Å². The molecule has 0 amide bonds. The number of carbonyl (C=O) groups is 1. The number of esters is 1. The zero-order valence-corrected chi connectivity index (χ0v) is 7.74. The van der Waals surface area contributed by atoms with Gasteiger partial charge in [0.25, 0.3) is 0 Å². The van der Waals surface area contributed by atoms with Crippen molar-refractivity contribution in [2.45, 2.75) is 6.92 Å². The van der Waals surface area contributed by atoms with E-state index in [4.69, 9.17) is 11.1 Å². The number of rotatable bonds is 4. The van der Waals surface area contributed by atoms with E-state index in [0.29, 0.717) is 17.9 Å². The Balaban J connectivity index is 3.72. The monoisotopic (exact) mass is 188 g/mol. The quantitative estimate of drug-likeness (QED) is 0.295. The number of hydrogen-bond donors (Lipinski definition) is 2. The number of ether oxygens (including phenoxy) is 1. The van der Waals surface area contributed by atoms with Crippen LogP contribution in [0.4, 0.5) is 0 Å². The molecule has 0 bridgehead atoms. The molecule has 0 aliphatic heterocycles. The Bertz CT molecular complexity index is 204. The normalized spacial score (nSPS) is 9.08. The highest BCUT2D eigenvalue weighted by atomic mass is 32.2. The standard InChI is InChI=1S/C7H12N2O2S/c1-3-11-6(10)5(2)4-12-7(8)9/h2-4H2,1H3,(H3,8,9). The molecule has 0 fully saturated rings. The van der Waals surface area contributed by atoms with Gasteiger partial charge in [-0.25, -0.2) is 4.79 Å². The van der Waals surface area contributed by atoms with Gasteiger partial charge in [0, 0.05) is 11.3 Å². The maximum Gasteiger partial charge on any atom is 0.334 e. The van der Waals surface area contributed by atoms with Crippen molar-refractivity contribution < 1.29 is 9.53 Å². The minimum atomic E-state index is -0.425. The predicted octanol–water partition coefficient (Wildman–Crippen LogP) is 0.732. The van der Waals surface area contributed by atoms with Crippen LogP contribution < -0.4 is 5.73 Å². The Morgan fingerprint density at radius 2 is 2.33 bits per heavy atom. The van der Waals surface area contributed by atoms with Gasteiger partial charge in [0.2, 0.25) is 0 Å². The maximum atomic E-state index is 10.9. The average molecular weight is 188 g/mol. The molecule has 0 atom stereocenters. The van der Waals surface area contributed by atoms with Gasteiger partial charge in [-0.15, -0.1) is 0 Å². The highest BCUT2D eigenvalue weighted by molar-refractivity contribution is 8.13. The smallest absolute Gasteiger partial charge is 0.334 e. The molecule has 0 unspecified atom stereocenters. The molecule has 0 saturated heterocycles. The van der Waals surface area contributed by atoms with Gasteiger partial charge in [0.1, 0.15) is 0 Å². The van der Waals surface area contributed by atoms with Gasteiger partial charge in [-0.3, -0.25) is 5.41 Å². The molecule has 0 aromatic rings. The molecule has 3 N–H and O–H groups in total. The summed E-state index contributed by atoms with van der Waals surface area (Å²) >= 11 is 1.05. The SMILES string of the molecule is C=C(CSC(=N)N)C(=O)OCC. The van der Waals surface area contributed by atoms with Gasteiger partial charge in [-0.2, -0.15) is 0 Å². The van der Waals surface area contributed by atoms with Crippen LogP contribution >= 0.6 is 11.8 Å². The third-order valence-electron chi connectivity index (χ3n) is 0.966. The second kappa shape index (κ2) is 5.65. The molecule has 0 heterocycles. The lowest BCUT2D eigenvalue weighted by molar-refractivity contribution is -0.138. The Kier molecular flexibility index (Phi) is 5.19. The number of nitrogens with two attached hydrogens (primary N) is 1. The first-order valence-electron chi connectivity index (χ1n) is 3.39. The summed E-state index contributed by atoms with van der Waals surface area (Å²) in [6.45, 7) is 5.56. The van der Waals surface area contributed by atoms with Crippen molar-refractivity contribution in [2.24, 2.45) is 5.73 Å². The summed E-state index contributed by atoms with van der Waals surface area (Å²) in [5.74, 6) is -0.111. The Labute approximate surface area is 75.7 Å². The number of amidine groups is 1. The first kappa shape index (κ1) is 11.0. The van der Waals surface area contributed by atoms with E-state index in [9.17, 15) is 4.79 Å². The summed E-state index contributed by atoms with van der Waals surface area (Å²) < 4.78 is 4.67. The summed E-state index contributed by atoms with van der Waals surface area (Å²) in [7, 11) is 0. The molecule has 0 rings (SSSR count). The minimum Gasteiger partial charge on any atom is -0.463 e. The van der Waals surface area contributed by atoms with Crippen LogP contribution in [-0.4, -0.2) is 23.5 Å². The summed E-state index contributed by atoms with van der Waals surface area (Å²) in [6, 6.07) is 0. The fraction of sp³-hybridized carbons (Fsp3) is 0.429. The summed E-state index contributed by atoms with van der Waals surface area (Å²) in [4.78, 5) is 10.9. The number of hydrogen-bond acceptors (Lipinski definition) is 4. The lowest BCUT2D eigenvalue weighted by atomic mass is 10.4. The lowest BCUT2D eigenvalue weighted by Crippen LogP contribution is -2.11. The topological polar surface area (TPSA) is 76.2 Å². The third-order valence-corrected chi connectivity index (χ3v) is 1.77. The zero-order chi connectivity index (χ0) is 9.56. The average Bonchev–Trinajstić information content (AvgIpc) is 2.00. The van der Waals surface area contributed by atoms with E-state index in [1.807, 2.05) is 0 Å². The van der Waals surface area contributed by atoms with Gasteiger partial charge in [0.05, 0.1) is 6.61 Å². The maximum absolute atomic E-state index is 10.9. The first-order valence-corrected chi connectivity index (χ1v) is 4.38. The van der Waals surface area contributed by atoms with E-state index in [1.54, 1.807) is 6.92 Å². The van der Waals surface area contributed by atoms with E-state index in [0.717, 1.165) is 11.8 Å². The van der Waals surface area contributed by atoms with Crippen molar-refractivity contribution in [2.75, 3.05) is 12.4 Å². The van der Waals surface area contributed by atoms with Gasteiger partial charge in [0.15, 0.2) is 5.17 Å². The molecule has 0 aromatic carbocycles. The van der Waals surface area contributed by atoms with Gasteiger partial charge < -0.3 is 10.5 Å². The van der Waals surface area contributed by atoms with Crippen LogP contribution in [0.3, 0.4) is 0 Å². The van der Waals surface area contributed by atoms with Gasteiger partial charge >= 0.3 is 5.97 Å². The number of nitrogens with one attached hydrogen (secondary N) is 1. The molecular formula is C7H12N2O2S. The fourth-order valence-corrected chi connectivity index (χ4v) is 0.905. The second-order valence-electron chi connectivity index (χ2n) is 1.98. The Morgan fingerprint density at radius 1 is 1.75 bits per heavy atom. The zero-order valence-electron chi connectivity index (χ0n) is 6.92. The van der Waals surface area contributed by atoms with Crippen LogP contribution in [-0.2, 0) is 9.53 Å². The van der Waals surface area contributed by atoms with E-state index < -0.39 is 5.97 Å². The van der Waals surface area contributed by atoms with Crippen LogP contribution in [0.25, 0.3) is 0 Å². The summed E-state index contributed by atoms with van der Waals surface area (Å²) in [5.41, 5.74) is 5.40. The Morgan fingerprint density at radius 3 is 2.75 bits per heavy atom. The third kappa shape index (κ3) is 4.79. The van der Waals surface area contributed by atoms with E-state index in [1.165, 1.54) is 0 Å². The molecular weight excluding hydrogens is 176 g/mol. The van der Waals surface area contributed by atoms with Crippen molar-refractivity contribution in [3.05, 3.63) is 12.2 Å². The largest absolute Gasteiger partial charge is 0.463 e. The van der Waals surface area contributed by atoms with E-state index in [2.05, 4.69) is 11.3 Å². The molecule has 4 nitrogen and oxygen atoms in total. The predicted molar refractivity (Wildman–Crippen MR) is 50.1 cm³/mol.